The average molecular weight is 256 g/mol. The van der Waals surface area contributed by atoms with Crippen LogP contribution in [0.15, 0.2) is 0 Å². The van der Waals surface area contributed by atoms with Gasteiger partial charge in [-0.2, -0.15) is 4.39 Å². The molecule has 0 aliphatic rings. The zero-order chi connectivity index (χ0) is 12.6. The molecular formula is C9H18FO5P. The number of rotatable bonds is 8. The van der Waals surface area contributed by atoms with Crippen molar-refractivity contribution in [2.24, 2.45) is 0 Å². The highest BCUT2D eigenvalue weighted by molar-refractivity contribution is 7.41. The fraction of sp³-hybridized carbons (Fsp3) is 0.889. The topological polar surface area (TPSA) is 54.0 Å². The molecule has 0 saturated carbocycles. The van der Waals surface area contributed by atoms with Crippen molar-refractivity contribution in [2.45, 2.75) is 33.5 Å². The predicted molar refractivity (Wildman–Crippen MR) is 57.4 cm³/mol. The number of esters is 1. The number of carbonyl (C=O) groups is 1. The van der Waals surface area contributed by atoms with Gasteiger partial charge in [0.05, 0.1) is 19.8 Å². The number of hydrogen-bond donors (Lipinski definition) is 0. The van der Waals surface area contributed by atoms with Crippen molar-refractivity contribution < 1.29 is 27.5 Å². The molecule has 0 bridgehead atoms. The van der Waals surface area contributed by atoms with E-state index in [0.29, 0.717) is 13.2 Å². The molecule has 0 heterocycles. The van der Waals surface area contributed by atoms with E-state index in [2.05, 4.69) is 4.74 Å². The van der Waals surface area contributed by atoms with Gasteiger partial charge in [-0.05, 0) is 20.8 Å². The van der Waals surface area contributed by atoms with Crippen LogP contribution in [0.5, 0.6) is 0 Å². The zero-order valence-corrected chi connectivity index (χ0v) is 10.9. The summed E-state index contributed by atoms with van der Waals surface area (Å²) in [6.45, 7) is 6.70. The molecule has 0 aliphatic carbocycles. The SMILES string of the molecule is CCOC(=O)C(C)(F)OP(OCC)OCC. The van der Waals surface area contributed by atoms with Crippen LogP contribution in [0.2, 0.25) is 0 Å². The van der Waals surface area contributed by atoms with Crippen LogP contribution in [0, 0.1) is 0 Å². The van der Waals surface area contributed by atoms with Crippen LogP contribution in [0.3, 0.4) is 0 Å². The van der Waals surface area contributed by atoms with Gasteiger partial charge >= 0.3 is 20.4 Å². The van der Waals surface area contributed by atoms with Gasteiger partial charge in [0.2, 0.25) is 0 Å². The maximum absolute atomic E-state index is 13.7. The van der Waals surface area contributed by atoms with Crippen LogP contribution < -0.4 is 0 Å². The molecule has 5 nitrogen and oxygen atoms in total. The van der Waals surface area contributed by atoms with Crippen molar-refractivity contribution in [2.75, 3.05) is 19.8 Å². The third-order valence-corrected chi connectivity index (χ3v) is 2.79. The van der Waals surface area contributed by atoms with E-state index in [1.165, 1.54) is 0 Å². The van der Waals surface area contributed by atoms with E-state index in [1.54, 1.807) is 20.8 Å². The molecule has 0 aromatic rings. The third kappa shape index (κ3) is 5.70. The highest BCUT2D eigenvalue weighted by atomic mass is 31.2. The maximum atomic E-state index is 13.7. The van der Waals surface area contributed by atoms with Gasteiger partial charge in [0.15, 0.2) is 0 Å². The molecule has 0 spiro atoms. The minimum absolute atomic E-state index is 0.0862. The van der Waals surface area contributed by atoms with E-state index in [9.17, 15) is 9.18 Å². The first kappa shape index (κ1) is 15.7. The second kappa shape index (κ2) is 7.90. The summed E-state index contributed by atoms with van der Waals surface area (Å²) < 4.78 is 33.1. The second-order valence-corrected chi connectivity index (χ2v) is 3.93. The summed E-state index contributed by atoms with van der Waals surface area (Å²) in [7, 11) is -1.87. The Morgan fingerprint density at radius 1 is 1.19 bits per heavy atom. The van der Waals surface area contributed by atoms with Gasteiger partial charge in [0, 0.05) is 6.92 Å². The summed E-state index contributed by atoms with van der Waals surface area (Å²) in [4.78, 5) is 11.2. The molecule has 0 saturated heterocycles. The van der Waals surface area contributed by atoms with Crippen molar-refractivity contribution in [3.05, 3.63) is 0 Å². The van der Waals surface area contributed by atoms with Gasteiger partial charge in [-0.3, -0.25) is 4.52 Å². The quantitative estimate of drug-likeness (QED) is 0.493. The van der Waals surface area contributed by atoms with Crippen molar-refractivity contribution >= 4 is 14.6 Å². The molecule has 16 heavy (non-hydrogen) atoms. The van der Waals surface area contributed by atoms with Crippen LogP contribution in [-0.4, -0.2) is 31.6 Å². The fourth-order valence-corrected chi connectivity index (χ4v) is 1.69. The average Bonchev–Trinajstić information content (AvgIpc) is 2.18. The number of halogens is 1. The first-order valence-corrected chi connectivity index (χ1v) is 6.18. The minimum Gasteiger partial charge on any atom is -0.462 e. The van der Waals surface area contributed by atoms with E-state index in [1.807, 2.05) is 0 Å². The van der Waals surface area contributed by atoms with Crippen molar-refractivity contribution in [1.29, 1.82) is 0 Å². The molecule has 1 unspecified atom stereocenters. The number of hydrogen-bond acceptors (Lipinski definition) is 5. The van der Waals surface area contributed by atoms with Crippen LogP contribution in [0.1, 0.15) is 27.7 Å². The molecule has 0 aliphatic heterocycles. The van der Waals surface area contributed by atoms with Crippen LogP contribution in [-0.2, 0) is 23.1 Å². The van der Waals surface area contributed by atoms with E-state index in [-0.39, 0.29) is 6.61 Å². The summed E-state index contributed by atoms with van der Waals surface area (Å²) in [5, 5.41) is 0. The smallest absolute Gasteiger partial charge is 0.372 e. The lowest BCUT2D eigenvalue weighted by Crippen LogP contribution is -2.34. The summed E-state index contributed by atoms with van der Waals surface area (Å²) in [5.41, 5.74) is 0. The summed E-state index contributed by atoms with van der Waals surface area (Å²) in [6.07, 6.45) is 0. The Bertz CT molecular complexity index is 206. The minimum atomic E-state index is -2.55. The van der Waals surface area contributed by atoms with Gasteiger partial charge in [0.25, 0.3) is 0 Å². The Labute approximate surface area is 96.2 Å². The number of ether oxygens (including phenoxy) is 1. The van der Waals surface area contributed by atoms with Crippen LogP contribution >= 0.6 is 8.60 Å². The summed E-state index contributed by atoms with van der Waals surface area (Å²) in [6, 6.07) is 0. The van der Waals surface area contributed by atoms with E-state index < -0.39 is 20.4 Å². The molecule has 0 fully saturated rings. The molecule has 1 atom stereocenters. The Balaban J connectivity index is 4.32. The molecule has 0 amide bonds. The second-order valence-electron chi connectivity index (χ2n) is 2.79. The Kier molecular flexibility index (Phi) is 7.76. The predicted octanol–water partition coefficient (Wildman–Crippen LogP) is 2.55. The van der Waals surface area contributed by atoms with Gasteiger partial charge < -0.3 is 13.8 Å². The molecule has 0 aromatic carbocycles. The third-order valence-electron chi connectivity index (χ3n) is 1.36. The molecule has 0 radical (unpaired) electrons. The number of alkyl halides is 1. The fourth-order valence-electron chi connectivity index (χ4n) is 0.738. The lowest BCUT2D eigenvalue weighted by molar-refractivity contribution is -0.178. The molecule has 7 heteroatoms. The monoisotopic (exact) mass is 256 g/mol. The van der Waals surface area contributed by atoms with Crippen molar-refractivity contribution in [1.82, 2.24) is 0 Å². The van der Waals surface area contributed by atoms with E-state index >= 15 is 0 Å². The van der Waals surface area contributed by atoms with Gasteiger partial charge in [-0.25, -0.2) is 4.79 Å². The van der Waals surface area contributed by atoms with Gasteiger partial charge in [0.1, 0.15) is 0 Å². The highest BCUT2D eigenvalue weighted by Crippen LogP contribution is 2.44. The van der Waals surface area contributed by atoms with Gasteiger partial charge in [-0.1, -0.05) is 0 Å². The highest BCUT2D eigenvalue weighted by Gasteiger charge is 2.40. The first-order chi connectivity index (χ1) is 7.47. The molecule has 96 valence electrons. The Morgan fingerprint density at radius 3 is 2.06 bits per heavy atom. The largest absolute Gasteiger partial charge is 0.462 e. The summed E-state index contributed by atoms with van der Waals surface area (Å²) in [5.74, 6) is -3.63. The van der Waals surface area contributed by atoms with Crippen LogP contribution in [0.25, 0.3) is 0 Å². The normalized spacial score (nSPS) is 14.9. The first-order valence-electron chi connectivity index (χ1n) is 5.09. The van der Waals surface area contributed by atoms with E-state index in [4.69, 9.17) is 13.6 Å². The number of carbonyl (C=O) groups excluding carboxylic acids is 1. The van der Waals surface area contributed by atoms with Crippen molar-refractivity contribution in [3.63, 3.8) is 0 Å². The Morgan fingerprint density at radius 2 is 1.69 bits per heavy atom. The summed E-state index contributed by atoms with van der Waals surface area (Å²) >= 11 is 0. The lowest BCUT2D eigenvalue weighted by atomic mass is 10.4. The zero-order valence-electron chi connectivity index (χ0n) is 9.99. The molecule has 0 aromatic heterocycles. The van der Waals surface area contributed by atoms with Gasteiger partial charge in [-0.15, -0.1) is 0 Å². The van der Waals surface area contributed by atoms with Crippen molar-refractivity contribution in [3.8, 4) is 0 Å². The standard InChI is InChI=1S/C9H18FO5P/c1-5-12-8(11)9(4,10)15-16(13-6-2)14-7-3/h5-7H2,1-4H3. The Hall–Kier alpha value is -0.290. The maximum Gasteiger partial charge on any atom is 0.372 e. The molecule has 0 rings (SSSR count). The molecular weight excluding hydrogens is 238 g/mol. The lowest BCUT2D eigenvalue weighted by Gasteiger charge is -2.23. The molecule has 0 N–H and O–H groups in total. The van der Waals surface area contributed by atoms with E-state index in [0.717, 1.165) is 6.92 Å². The van der Waals surface area contributed by atoms with Crippen LogP contribution in [0.4, 0.5) is 4.39 Å².